The molecule has 3 aromatic rings. The predicted octanol–water partition coefficient (Wildman–Crippen LogP) is 0.0950. The number of nitrogens with one attached hydrogen (secondary N) is 2. The van der Waals surface area contributed by atoms with Gasteiger partial charge in [0.1, 0.15) is 23.7 Å². The fraction of sp³-hybridized carbons (Fsp3) is 0.263. The molecule has 28 heavy (non-hydrogen) atoms. The van der Waals surface area contributed by atoms with Crippen LogP contribution in [0.25, 0.3) is 17.2 Å². The Labute approximate surface area is 159 Å². The number of ether oxygens (including phenoxy) is 1. The highest BCUT2D eigenvalue weighted by atomic mass is 16.5. The lowest BCUT2D eigenvalue weighted by molar-refractivity contribution is -0.117. The van der Waals surface area contributed by atoms with E-state index in [9.17, 15) is 14.4 Å². The van der Waals surface area contributed by atoms with Gasteiger partial charge in [-0.1, -0.05) is 18.2 Å². The summed E-state index contributed by atoms with van der Waals surface area (Å²) in [5, 5.41) is 2.83. The molecule has 4 rings (SSSR count). The third-order valence-electron chi connectivity index (χ3n) is 4.71. The van der Waals surface area contributed by atoms with E-state index >= 15 is 0 Å². The molecule has 0 spiro atoms. The zero-order valence-electron chi connectivity index (χ0n) is 15.5. The molecule has 9 heteroatoms. The van der Waals surface area contributed by atoms with Crippen LogP contribution in [-0.2, 0) is 25.3 Å². The van der Waals surface area contributed by atoms with E-state index in [1.165, 1.54) is 11.6 Å². The molecular formula is C19H19N5O4. The Morgan fingerprint density at radius 2 is 2.04 bits per heavy atom. The number of carbonyl (C=O) groups excluding carboxylic acids is 1. The van der Waals surface area contributed by atoms with Crippen molar-refractivity contribution in [2.24, 2.45) is 14.1 Å². The number of H-pyrrole nitrogens is 1. The number of para-hydroxylation sites is 1. The predicted molar refractivity (Wildman–Crippen MR) is 103 cm³/mol. The summed E-state index contributed by atoms with van der Waals surface area (Å²) in [6, 6.07) is 7.52. The molecule has 0 saturated heterocycles. The van der Waals surface area contributed by atoms with Crippen LogP contribution in [0.2, 0.25) is 0 Å². The van der Waals surface area contributed by atoms with E-state index < -0.39 is 11.2 Å². The van der Waals surface area contributed by atoms with E-state index in [2.05, 4.69) is 15.3 Å². The number of aromatic amines is 1. The maximum Gasteiger partial charge on any atom is 0.332 e. The second-order valence-electron chi connectivity index (χ2n) is 6.59. The number of nitrogens with zero attached hydrogens (tertiary/aromatic N) is 3. The number of amides is 1. The molecule has 2 N–H and O–H groups in total. The number of benzene rings is 1. The van der Waals surface area contributed by atoms with Gasteiger partial charge >= 0.3 is 5.69 Å². The van der Waals surface area contributed by atoms with E-state index in [0.717, 1.165) is 15.9 Å². The Hall–Kier alpha value is -3.62. The first-order chi connectivity index (χ1) is 13.5. The molecule has 0 atom stereocenters. The molecule has 1 aliphatic rings. The summed E-state index contributed by atoms with van der Waals surface area (Å²) in [5.74, 6) is 1.07. The minimum atomic E-state index is -0.437. The molecule has 0 bridgehead atoms. The third-order valence-corrected chi connectivity index (χ3v) is 4.71. The van der Waals surface area contributed by atoms with Gasteiger partial charge in [0, 0.05) is 32.6 Å². The van der Waals surface area contributed by atoms with Gasteiger partial charge in [0.2, 0.25) is 0 Å². The number of carbonyl (C=O) groups is 1. The highest BCUT2D eigenvalue weighted by Gasteiger charge is 2.17. The highest BCUT2D eigenvalue weighted by molar-refractivity contribution is 5.99. The van der Waals surface area contributed by atoms with Crippen LogP contribution in [0.15, 0.2) is 39.4 Å². The van der Waals surface area contributed by atoms with Crippen molar-refractivity contribution in [1.82, 2.24) is 24.4 Å². The molecule has 0 radical (unpaired) electrons. The van der Waals surface area contributed by atoms with Crippen molar-refractivity contribution >= 4 is 23.1 Å². The monoisotopic (exact) mass is 381 g/mol. The van der Waals surface area contributed by atoms with Gasteiger partial charge in [0.25, 0.3) is 11.5 Å². The van der Waals surface area contributed by atoms with Gasteiger partial charge in [-0.15, -0.1) is 0 Å². The van der Waals surface area contributed by atoms with Crippen LogP contribution in [-0.4, -0.2) is 38.2 Å². The van der Waals surface area contributed by atoms with E-state index in [1.807, 2.05) is 30.3 Å². The van der Waals surface area contributed by atoms with Crippen LogP contribution in [0.3, 0.4) is 0 Å². The molecule has 0 fully saturated rings. The summed E-state index contributed by atoms with van der Waals surface area (Å²) in [6.45, 7) is 0.539. The maximum atomic E-state index is 12.4. The summed E-state index contributed by atoms with van der Waals surface area (Å²) in [4.78, 5) is 43.8. The van der Waals surface area contributed by atoms with Gasteiger partial charge in [-0.05, 0) is 12.1 Å². The Morgan fingerprint density at radius 1 is 1.25 bits per heavy atom. The zero-order valence-corrected chi connectivity index (χ0v) is 15.5. The summed E-state index contributed by atoms with van der Waals surface area (Å²) in [5.41, 5.74) is 1.12. The fourth-order valence-electron chi connectivity index (χ4n) is 3.15. The van der Waals surface area contributed by atoms with Crippen molar-refractivity contribution in [1.29, 1.82) is 0 Å². The smallest absolute Gasteiger partial charge is 0.332 e. The molecule has 3 heterocycles. The SMILES string of the molecule is Cn1c(=O)c2[nH]c(CCNC(=O)C3=Cc4ccccc4OC3)nc2n(C)c1=O. The summed E-state index contributed by atoms with van der Waals surface area (Å²) in [6.07, 6.45) is 2.21. The van der Waals surface area contributed by atoms with Crippen LogP contribution in [0.1, 0.15) is 11.4 Å². The largest absolute Gasteiger partial charge is 0.488 e. The number of imidazole rings is 1. The fourth-order valence-corrected chi connectivity index (χ4v) is 3.15. The van der Waals surface area contributed by atoms with Crippen LogP contribution in [0.5, 0.6) is 5.75 Å². The molecule has 1 amide bonds. The van der Waals surface area contributed by atoms with Gasteiger partial charge in [-0.3, -0.25) is 18.7 Å². The first-order valence-electron chi connectivity index (χ1n) is 8.81. The van der Waals surface area contributed by atoms with Crippen molar-refractivity contribution < 1.29 is 9.53 Å². The Balaban J connectivity index is 1.46. The van der Waals surface area contributed by atoms with Crippen molar-refractivity contribution in [2.45, 2.75) is 6.42 Å². The normalized spacial score (nSPS) is 13.0. The third kappa shape index (κ3) is 3.00. The minimum absolute atomic E-state index is 0.214. The van der Waals surface area contributed by atoms with Gasteiger partial charge in [-0.25, -0.2) is 9.78 Å². The first-order valence-corrected chi connectivity index (χ1v) is 8.81. The van der Waals surface area contributed by atoms with Crippen LogP contribution < -0.4 is 21.3 Å². The van der Waals surface area contributed by atoms with Gasteiger partial charge < -0.3 is 15.0 Å². The van der Waals surface area contributed by atoms with E-state index in [1.54, 1.807) is 7.05 Å². The molecule has 1 aromatic carbocycles. The van der Waals surface area contributed by atoms with Crippen LogP contribution in [0.4, 0.5) is 0 Å². The first kappa shape index (κ1) is 17.8. The highest BCUT2D eigenvalue weighted by Crippen LogP contribution is 2.25. The van der Waals surface area contributed by atoms with E-state index in [4.69, 9.17) is 4.74 Å². The summed E-state index contributed by atoms with van der Waals surface area (Å²) < 4.78 is 7.94. The van der Waals surface area contributed by atoms with Crippen molar-refractivity contribution in [2.75, 3.05) is 13.2 Å². The number of aromatic nitrogens is 4. The van der Waals surface area contributed by atoms with Crippen molar-refractivity contribution in [3.8, 4) is 5.75 Å². The van der Waals surface area contributed by atoms with Gasteiger partial charge in [0.15, 0.2) is 5.65 Å². The maximum absolute atomic E-state index is 12.4. The lowest BCUT2D eigenvalue weighted by Gasteiger charge is -2.17. The number of aryl methyl sites for hydroxylation is 1. The number of fused-ring (bicyclic) bond motifs is 2. The zero-order chi connectivity index (χ0) is 19.8. The second-order valence-corrected chi connectivity index (χ2v) is 6.59. The molecule has 1 aliphatic heterocycles. The van der Waals surface area contributed by atoms with Gasteiger partial charge in [0.05, 0.1) is 5.57 Å². The van der Waals surface area contributed by atoms with E-state index in [0.29, 0.717) is 30.0 Å². The number of hydrogen-bond donors (Lipinski definition) is 2. The van der Waals surface area contributed by atoms with Crippen LogP contribution >= 0.6 is 0 Å². The average molecular weight is 381 g/mol. The quantitative estimate of drug-likeness (QED) is 0.666. The standard InChI is InChI=1S/C19H19N5O4/c1-23-16-15(18(26)24(2)19(23)27)21-14(22-16)7-8-20-17(25)12-9-11-5-3-4-6-13(11)28-10-12/h3-6,9H,7-8,10H2,1-2H3,(H,20,25)(H,21,22). The molecule has 144 valence electrons. The lowest BCUT2D eigenvalue weighted by atomic mass is 10.1. The summed E-state index contributed by atoms with van der Waals surface area (Å²) >= 11 is 0. The van der Waals surface area contributed by atoms with E-state index in [-0.39, 0.29) is 18.0 Å². The minimum Gasteiger partial charge on any atom is -0.488 e. The topological polar surface area (TPSA) is 111 Å². The molecule has 2 aromatic heterocycles. The Morgan fingerprint density at radius 3 is 2.86 bits per heavy atom. The molecule has 0 unspecified atom stereocenters. The van der Waals surface area contributed by atoms with Gasteiger partial charge in [-0.2, -0.15) is 0 Å². The molecule has 0 saturated carbocycles. The molecule has 9 nitrogen and oxygen atoms in total. The number of hydrogen-bond acceptors (Lipinski definition) is 5. The Bertz CT molecular complexity index is 1230. The number of rotatable bonds is 4. The average Bonchev–Trinajstić information content (AvgIpc) is 3.14. The lowest BCUT2D eigenvalue weighted by Crippen LogP contribution is -2.36. The van der Waals surface area contributed by atoms with Crippen molar-refractivity contribution in [3.63, 3.8) is 0 Å². The van der Waals surface area contributed by atoms with Crippen LogP contribution in [0, 0.1) is 0 Å². The Kier molecular flexibility index (Phi) is 4.34. The molecular weight excluding hydrogens is 362 g/mol. The molecule has 0 aliphatic carbocycles. The van der Waals surface area contributed by atoms with Crippen molar-refractivity contribution in [3.05, 3.63) is 62.1 Å². The second kappa shape index (κ2) is 6.84. The summed E-state index contributed by atoms with van der Waals surface area (Å²) in [7, 11) is 2.98.